The topological polar surface area (TPSA) is 48.0 Å². The van der Waals surface area contributed by atoms with Crippen LogP contribution in [0.25, 0.3) is 28.0 Å². The SMILES string of the molecule is Cc1cn2ccc(-c3nc(Cl)ccc3-c3cnn(CC4(C)CCCC4)c3)cc2n1. The molecule has 0 radical (unpaired) electrons. The van der Waals surface area contributed by atoms with Gasteiger partial charge in [0.15, 0.2) is 0 Å². The lowest BCUT2D eigenvalue weighted by atomic mass is 9.89. The molecule has 1 aliphatic rings. The molecule has 1 aliphatic carbocycles. The van der Waals surface area contributed by atoms with Gasteiger partial charge in [-0.25, -0.2) is 9.97 Å². The van der Waals surface area contributed by atoms with Gasteiger partial charge < -0.3 is 4.40 Å². The average Bonchev–Trinajstić information content (AvgIpc) is 3.41. The van der Waals surface area contributed by atoms with Crippen molar-refractivity contribution in [2.45, 2.75) is 46.1 Å². The molecule has 0 saturated heterocycles. The predicted octanol–water partition coefficient (Wildman–Crippen LogP) is 5.80. The summed E-state index contributed by atoms with van der Waals surface area (Å²) in [6.07, 6.45) is 13.3. The van der Waals surface area contributed by atoms with Crippen LogP contribution < -0.4 is 0 Å². The fourth-order valence-electron chi connectivity index (χ4n) is 4.51. The van der Waals surface area contributed by atoms with Gasteiger partial charge in [-0.1, -0.05) is 31.4 Å². The van der Waals surface area contributed by atoms with Crippen LogP contribution in [0.1, 0.15) is 38.3 Å². The second kappa shape index (κ2) is 6.99. The third-order valence-corrected chi connectivity index (χ3v) is 6.22. The zero-order valence-electron chi connectivity index (χ0n) is 16.8. The number of fused-ring (bicyclic) bond motifs is 1. The number of aryl methyl sites for hydroxylation is 1. The minimum atomic E-state index is 0.355. The first kappa shape index (κ1) is 18.4. The van der Waals surface area contributed by atoms with Crippen LogP contribution in [0.3, 0.4) is 0 Å². The molecular formula is C23H24ClN5. The summed E-state index contributed by atoms with van der Waals surface area (Å²) in [5.41, 5.74) is 6.19. The Morgan fingerprint density at radius 1 is 1.07 bits per heavy atom. The number of hydrogen-bond donors (Lipinski definition) is 0. The first-order valence-corrected chi connectivity index (χ1v) is 10.5. The third-order valence-electron chi connectivity index (χ3n) is 6.01. The number of rotatable bonds is 4. The summed E-state index contributed by atoms with van der Waals surface area (Å²) in [4.78, 5) is 9.23. The number of aromatic nitrogens is 5. The van der Waals surface area contributed by atoms with Crippen molar-refractivity contribution >= 4 is 17.2 Å². The van der Waals surface area contributed by atoms with E-state index in [1.807, 2.05) is 42.0 Å². The summed E-state index contributed by atoms with van der Waals surface area (Å²) in [7, 11) is 0. The van der Waals surface area contributed by atoms with E-state index in [0.29, 0.717) is 10.6 Å². The molecule has 0 bridgehead atoms. The molecule has 0 aliphatic heterocycles. The lowest BCUT2D eigenvalue weighted by Crippen LogP contribution is -2.19. The quantitative estimate of drug-likeness (QED) is 0.403. The smallest absolute Gasteiger partial charge is 0.137 e. The predicted molar refractivity (Wildman–Crippen MR) is 116 cm³/mol. The number of hydrogen-bond acceptors (Lipinski definition) is 3. The first-order valence-electron chi connectivity index (χ1n) is 10.1. The number of nitrogens with zero attached hydrogens (tertiary/aromatic N) is 5. The van der Waals surface area contributed by atoms with Gasteiger partial charge in [-0.2, -0.15) is 5.10 Å². The zero-order chi connectivity index (χ0) is 20.0. The van der Waals surface area contributed by atoms with Gasteiger partial charge >= 0.3 is 0 Å². The van der Waals surface area contributed by atoms with E-state index in [2.05, 4.69) is 45.0 Å². The summed E-state index contributed by atoms with van der Waals surface area (Å²) in [5, 5.41) is 5.13. The zero-order valence-corrected chi connectivity index (χ0v) is 17.5. The highest BCUT2D eigenvalue weighted by molar-refractivity contribution is 6.29. The summed E-state index contributed by atoms with van der Waals surface area (Å²) in [5.74, 6) is 0. The maximum absolute atomic E-state index is 6.26. The molecule has 0 spiro atoms. The molecule has 1 fully saturated rings. The highest BCUT2D eigenvalue weighted by Crippen LogP contribution is 2.39. The van der Waals surface area contributed by atoms with Crippen LogP contribution >= 0.6 is 11.6 Å². The Kier molecular flexibility index (Phi) is 4.43. The Balaban J connectivity index is 1.54. The van der Waals surface area contributed by atoms with Crippen molar-refractivity contribution in [1.82, 2.24) is 24.1 Å². The minimum Gasteiger partial charge on any atom is -0.307 e. The molecule has 4 heterocycles. The van der Waals surface area contributed by atoms with E-state index in [0.717, 1.165) is 40.3 Å². The van der Waals surface area contributed by atoms with Crippen molar-refractivity contribution in [2.24, 2.45) is 5.41 Å². The van der Waals surface area contributed by atoms with Crippen molar-refractivity contribution in [1.29, 1.82) is 0 Å². The van der Waals surface area contributed by atoms with Gasteiger partial charge in [-0.15, -0.1) is 0 Å². The van der Waals surface area contributed by atoms with Crippen LogP contribution in [-0.4, -0.2) is 24.1 Å². The van der Waals surface area contributed by atoms with Crippen LogP contribution in [0, 0.1) is 12.3 Å². The second-order valence-electron chi connectivity index (χ2n) is 8.54. The minimum absolute atomic E-state index is 0.355. The van der Waals surface area contributed by atoms with E-state index in [1.165, 1.54) is 25.7 Å². The largest absolute Gasteiger partial charge is 0.307 e. The maximum atomic E-state index is 6.26. The van der Waals surface area contributed by atoms with Gasteiger partial charge in [0.05, 0.1) is 17.6 Å². The molecule has 5 nitrogen and oxygen atoms in total. The van der Waals surface area contributed by atoms with Gasteiger partial charge in [-0.05, 0) is 49.4 Å². The summed E-state index contributed by atoms with van der Waals surface area (Å²) >= 11 is 6.26. The highest BCUT2D eigenvalue weighted by Gasteiger charge is 2.29. The number of halogens is 1. The van der Waals surface area contributed by atoms with Crippen LogP contribution in [-0.2, 0) is 6.54 Å². The normalized spacial score (nSPS) is 16.0. The molecule has 6 heteroatoms. The van der Waals surface area contributed by atoms with Crippen molar-refractivity contribution in [3.8, 4) is 22.4 Å². The van der Waals surface area contributed by atoms with Crippen LogP contribution in [0.2, 0.25) is 5.15 Å². The van der Waals surface area contributed by atoms with Crippen LogP contribution in [0.5, 0.6) is 0 Å². The molecular weight excluding hydrogens is 382 g/mol. The Bertz CT molecular complexity index is 1180. The Morgan fingerprint density at radius 2 is 1.90 bits per heavy atom. The molecule has 0 N–H and O–H groups in total. The fourth-order valence-corrected chi connectivity index (χ4v) is 4.66. The van der Waals surface area contributed by atoms with Crippen molar-refractivity contribution in [2.75, 3.05) is 0 Å². The molecule has 0 aromatic carbocycles. The van der Waals surface area contributed by atoms with E-state index in [4.69, 9.17) is 11.6 Å². The maximum Gasteiger partial charge on any atom is 0.137 e. The van der Waals surface area contributed by atoms with Gasteiger partial charge in [0.25, 0.3) is 0 Å². The molecule has 1 saturated carbocycles. The Labute approximate surface area is 175 Å². The van der Waals surface area contributed by atoms with Gasteiger partial charge in [0.1, 0.15) is 10.8 Å². The van der Waals surface area contributed by atoms with Crippen LogP contribution in [0.4, 0.5) is 0 Å². The first-order chi connectivity index (χ1) is 14.0. The molecule has 4 aromatic rings. The molecule has 29 heavy (non-hydrogen) atoms. The van der Waals surface area contributed by atoms with Gasteiger partial charge in [-0.3, -0.25) is 4.68 Å². The van der Waals surface area contributed by atoms with Crippen molar-refractivity contribution in [3.63, 3.8) is 0 Å². The summed E-state index contributed by atoms with van der Waals surface area (Å²) in [6, 6.07) is 7.98. The Morgan fingerprint density at radius 3 is 2.72 bits per heavy atom. The molecule has 0 unspecified atom stereocenters. The third kappa shape index (κ3) is 3.55. The van der Waals surface area contributed by atoms with Crippen molar-refractivity contribution in [3.05, 3.63) is 59.9 Å². The molecule has 0 amide bonds. The second-order valence-corrected chi connectivity index (χ2v) is 8.92. The van der Waals surface area contributed by atoms with E-state index >= 15 is 0 Å². The lowest BCUT2D eigenvalue weighted by molar-refractivity contribution is 0.268. The standard InChI is InChI=1S/C23H24ClN5/c1-16-13-28-10-7-17(11-21(28)26-16)22-19(5-6-20(24)27-22)18-12-25-29(14-18)15-23(2)8-3-4-9-23/h5-7,10-14H,3-4,8-9,15H2,1-2H3. The van der Waals surface area contributed by atoms with E-state index < -0.39 is 0 Å². The average molecular weight is 406 g/mol. The Hall–Kier alpha value is -2.66. The number of pyridine rings is 2. The van der Waals surface area contributed by atoms with Crippen LogP contribution in [0.15, 0.2) is 49.1 Å². The van der Waals surface area contributed by atoms with Gasteiger partial charge in [0, 0.05) is 41.8 Å². The molecule has 0 atom stereocenters. The molecule has 4 aromatic heterocycles. The van der Waals surface area contributed by atoms with Gasteiger partial charge in [0.2, 0.25) is 0 Å². The molecule has 148 valence electrons. The van der Waals surface area contributed by atoms with E-state index in [9.17, 15) is 0 Å². The monoisotopic (exact) mass is 405 g/mol. The fraction of sp³-hybridized carbons (Fsp3) is 0.348. The van der Waals surface area contributed by atoms with E-state index in [1.54, 1.807) is 0 Å². The van der Waals surface area contributed by atoms with E-state index in [-0.39, 0.29) is 0 Å². The molecule has 5 rings (SSSR count). The highest BCUT2D eigenvalue weighted by atomic mass is 35.5. The lowest BCUT2D eigenvalue weighted by Gasteiger charge is -2.22. The number of imidazole rings is 1. The summed E-state index contributed by atoms with van der Waals surface area (Å²) < 4.78 is 4.10. The summed E-state index contributed by atoms with van der Waals surface area (Å²) in [6.45, 7) is 5.33. The van der Waals surface area contributed by atoms with Crippen molar-refractivity contribution < 1.29 is 0 Å².